The highest BCUT2D eigenvalue weighted by molar-refractivity contribution is 7.89. The zero-order valence-corrected chi connectivity index (χ0v) is 14.1. The minimum absolute atomic E-state index is 0.243. The van der Waals surface area contributed by atoms with E-state index in [1.807, 2.05) is 31.2 Å². The van der Waals surface area contributed by atoms with Crippen LogP contribution < -0.4 is 9.46 Å². The molecule has 122 valence electrons. The number of para-hydroxylation sites is 1. The third-order valence-corrected chi connectivity index (χ3v) is 5.03. The summed E-state index contributed by atoms with van der Waals surface area (Å²) in [5.74, 6) is 0.644. The highest BCUT2D eigenvalue weighted by Gasteiger charge is 2.22. The van der Waals surface area contributed by atoms with Gasteiger partial charge in [-0.2, -0.15) is 0 Å². The van der Waals surface area contributed by atoms with Crippen LogP contribution in [0.25, 0.3) is 0 Å². The Morgan fingerprint density at radius 3 is 2.43 bits per heavy atom. The number of ether oxygens (including phenoxy) is 1. The topological polar surface area (TPSA) is 55.4 Å². The molecule has 0 saturated carbocycles. The predicted octanol–water partition coefficient (Wildman–Crippen LogP) is 3.60. The van der Waals surface area contributed by atoms with Crippen LogP contribution in [-0.4, -0.2) is 15.5 Å². The first kappa shape index (κ1) is 17.2. The van der Waals surface area contributed by atoms with Crippen LogP contribution in [0.5, 0.6) is 5.75 Å². The van der Waals surface area contributed by atoms with E-state index in [1.165, 1.54) is 0 Å². The van der Waals surface area contributed by atoms with Gasteiger partial charge in [0.25, 0.3) is 0 Å². The Labute approximate surface area is 137 Å². The Morgan fingerprint density at radius 1 is 1.17 bits per heavy atom. The van der Waals surface area contributed by atoms with Crippen molar-refractivity contribution < 1.29 is 13.2 Å². The van der Waals surface area contributed by atoms with E-state index in [2.05, 4.69) is 11.3 Å². The van der Waals surface area contributed by atoms with E-state index in [0.717, 1.165) is 11.1 Å². The molecule has 23 heavy (non-hydrogen) atoms. The number of aryl methyl sites for hydroxylation is 1. The van der Waals surface area contributed by atoms with Gasteiger partial charge in [-0.05, 0) is 31.5 Å². The molecule has 0 aliphatic carbocycles. The van der Waals surface area contributed by atoms with Crippen LogP contribution in [0.2, 0.25) is 0 Å². The number of methoxy groups -OCH3 is 1. The van der Waals surface area contributed by atoms with Crippen molar-refractivity contribution in [3.8, 4) is 5.75 Å². The van der Waals surface area contributed by atoms with E-state index in [1.54, 1.807) is 37.5 Å². The van der Waals surface area contributed by atoms with Gasteiger partial charge in [-0.15, -0.1) is 6.58 Å². The molecule has 0 aliphatic rings. The molecule has 0 amide bonds. The second-order valence-corrected chi connectivity index (χ2v) is 6.97. The van der Waals surface area contributed by atoms with Crippen LogP contribution >= 0.6 is 0 Å². The maximum Gasteiger partial charge on any atom is 0.241 e. The molecule has 2 rings (SSSR count). The van der Waals surface area contributed by atoms with Crippen LogP contribution in [0.3, 0.4) is 0 Å². The zero-order valence-electron chi connectivity index (χ0n) is 13.3. The summed E-state index contributed by atoms with van der Waals surface area (Å²) >= 11 is 0. The van der Waals surface area contributed by atoms with Gasteiger partial charge in [0.05, 0.1) is 18.0 Å². The van der Waals surface area contributed by atoms with E-state index in [4.69, 9.17) is 4.74 Å². The van der Waals surface area contributed by atoms with Crippen LogP contribution in [0.15, 0.2) is 66.1 Å². The molecule has 1 N–H and O–H groups in total. The molecule has 0 bridgehead atoms. The Morgan fingerprint density at radius 2 is 1.83 bits per heavy atom. The van der Waals surface area contributed by atoms with Gasteiger partial charge in [-0.1, -0.05) is 42.0 Å². The SMILES string of the molecule is C=CCC(NS(=O)(=O)c1ccc(C)cc1)c1ccccc1OC. The van der Waals surface area contributed by atoms with Crippen molar-refractivity contribution in [2.24, 2.45) is 0 Å². The van der Waals surface area contributed by atoms with Crippen LogP contribution in [0, 0.1) is 6.92 Å². The fraction of sp³-hybridized carbons (Fsp3) is 0.222. The lowest BCUT2D eigenvalue weighted by molar-refractivity contribution is 0.403. The number of benzene rings is 2. The van der Waals surface area contributed by atoms with Crippen molar-refractivity contribution in [3.05, 3.63) is 72.3 Å². The van der Waals surface area contributed by atoms with E-state index < -0.39 is 16.1 Å². The van der Waals surface area contributed by atoms with E-state index in [-0.39, 0.29) is 4.90 Å². The average molecular weight is 331 g/mol. The van der Waals surface area contributed by atoms with Gasteiger partial charge in [-0.3, -0.25) is 0 Å². The number of hydrogen-bond acceptors (Lipinski definition) is 3. The van der Waals surface area contributed by atoms with E-state index >= 15 is 0 Å². The first-order valence-electron chi connectivity index (χ1n) is 7.30. The Bertz CT molecular complexity index is 767. The maximum atomic E-state index is 12.6. The van der Waals surface area contributed by atoms with Crippen molar-refractivity contribution in [1.29, 1.82) is 0 Å². The molecular formula is C18H21NO3S. The van der Waals surface area contributed by atoms with Crippen molar-refractivity contribution in [3.63, 3.8) is 0 Å². The molecule has 2 aromatic rings. The second kappa shape index (κ2) is 7.44. The van der Waals surface area contributed by atoms with Gasteiger partial charge in [0.2, 0.25) is 10.0 Å². The molecule has 1 unspecified atom stereocenters. The van der Waals surface area contributed by atoms with Gasteiger partial charge >= 0.3 is 0 Å². The van der Waals surface area contributed by atoms with Gasteiger partial charge in [-0.25, -0.2) is 13.1 Å². The lowest BCUT2D eigenvalue weighted by Gasteiger charge is -2.20. The van der Waals surface area contributed by atoms with E-state index in [9.17, 15) is 8.42 Å². The normalized spacial score (nSPS) is 12.6. The molecule has 0 aliphatic heterocycles. The lowest BCUT2D eigenvalue weighted by Crippen LogP contribution is -2.28. The van der Waals surface area contributed by atoms with Crippen molar-refractivity contribution >= 4 is 10.0 Å². The number of nitrogens with one attached hydrogen (secondary N) is 1. The van der Waals surface area contributed by atoms with Crippen molar-refractivity contribution in [2.45, 2.75) is 24.3 Å². The van der Waals surface area contributed by atoms with Crippen molar-refractivity contribution in [2.75, 3.05) is 7.11 Å². The molecule has 5 heteroatoms. The summed E-state index contributed by atoms with van der Waals surface area (Å²) in [6.07, 6.45) is 2.15. The lowest BCUT2D eigenvalue weighted by atomic mass is 10.0. The Hall–Kier alpha value is -2.11. The molecular weight excluding hydrogens is 310 g/mol. The minimum Gasteiger partial charge on any atom is -0.496 e. The summed E-state index contributed by atoms with van der Waals surface area (Å²) in [6, 6.07) is 13.7. The maximum absolute atomic E-state index is 12.6. The molecule has 0 heterocycles. The molecule has 0 saturated heterocycles. The van der Waals surface area contributed by atoms with Crippen LogP contribution in [-0.2, 0) is 10.0 Å². The summed E-state index contributed by atoms with van der Waals surface area (Å²) in [7, 11) is -2.06. The number of hydrogen-bond donors (Lipinski definition) is 1. The summed E-state index contributed by atoms with van der Waals surface area (Å²) < 4.78 is 33.3. The molecule has 1 atom stereocenters. The third kappa shape index (κ3) is 4.21. The Kier molecular flexibility index (Phi) is 5.58. The van der Waals surface area contributed by atoms with Gasteiger partial charge in [0.1, 0.15) is 5.75 Å². The summed E-state index contributed by atoms with van der Waals surface area (Å²) in [4.78, 5) is 0.243. The number of rotatable bonds is 7. The zero-order chi connectivity index (χ0) is 16.9. The highest BCUT2D eigenvalue weighted by atomic mass is 32.2. The quantitative estimate of drug-likeness (QED) is 0.789. The minimum atomic E-state index is -3.62. The van der Waals surface area contributed by atoms with Gasteiger partial charge in [0.15, 0.2) is 0 Å². The summed E-state index contributed by atoms with van der Waals surface area (Å²) in [6.45, 7) is 5.64. The highest BCUT2D eigenvalue weighted by Crippen LogP contribution is 2.28. The first-order chi connectivity index (χ1) is 11.0. The summed E-state index contributed by atoms with van der Waals surface area (Å²) in [5.41, 5.74) is 1.79. The molecule has 0 spiro atoms. The Balaban J connectivity index is 2.35. The summed E-state index contributed by atoms with van der Waals surface area (Å²) in [5, 5.41) is 0. The molecule has 0 radical (unpaired) electrons. The smallest absolute Gasteiger partial charge is 0.241 e. The average Bonchev–Trinajstić information content (AvgIpc) is 2.54. The molecule has 0 fully saturated rings. The first-order valence-corrected chi connectivity index (χ1v) is 8.79. The fourth-order valence-electron chi connectivity index (χ4n) is 2.33. The largest absolute Gasteiger partial charge is 0.496 e. The standard InChI is InChI=1S/C18H21NO3S/c1-4-7-17(16-8-5-6-9-18(16)22-3)19-23(20,21)15-12-10-14(2)11-13-15/h4-6,8-13,17,19H,1,7H2,2-3H3. The molecule has 0 aromatic heterocycles. The van der Waals surface area contributed by atoms with E-state index in [0.29, 0.717) is 12.2 Å². The fourth-order valence-corrected chi connectivity index (χ4v) is 3.56. The van der Waals surface area contributed by atoms with Gasteiger partial charge in [0, 0.05) is 5.56 Å². The molecule has 2 aromatic carbocycles. The monoisotopic (exact) mass is 331 g/mol. The van der Waals surface area contributed by atoms with Crippen LogP contribution in [0.1, 0.15) is 23.6 Å². The van der Waals surface area contributed by atoms with Gasteiger partial charge < -0.3 is 4.74 Å². The predicted molar refractivity (Wildman–Crippen MR) is 92.0 cm³/mol. The molecule has 4 nitrogen and oxygen atoms in total. The number of sulfonamides is 1. The third-order valence-electron chi connectivity index (χ3n) is 3.55. The van der Waals surface area contributed by atoms with Crippen LogP contribution in [0.4, 0.5) is 0 Å². The second-order valence-electron chi connectivity index (χ2n) is 5.25. The van der Waals surface area contributed by atoms with Crippen molar-refractivity contribution in [1.82, 2.24) is 4.72 Å².